The zero-order chi connectivity index (χ0) is 17.3. The number of ether oxygens (including phenoxy) is 2. The molecule has 4 nitrogen and oxygen atoms in total. The van der Waals surface area contributed by atoms with E-state index in [1.165, 1.54) is 0 Å². The van der Waals surface area contributed by atoms with Crippen molar-refractivity contribution in [3.05, 3.63) is 35.9 Å². The van der Waals surface area contributed by atoms with Gasteiger partial charge < -0.3 is 13.9 Å². The summed E-state index contributed by atoms with van der Waals surface area (Å²) in [4.78, 5) is 12.3. The molecule has 23 heavy (non-hydrogen) atoms. The van der Waals surface area contributed by atoms with Gasteiger partial charge in [0.05, 0.1) is 18.3 Å². The predicted molar refractivity (Wildman–Crippen MR) is 93.1 cm³/mol. The Bertz CT molecular complexity index is 536. The highest BCUT2D eigenvalue weighted by Gasteiger charge is 2.45. The summed E-state index contributed by atoms with van der Waals surface area (Å²) in [5, 5.41) is 0.104. The molecule has 0 spiro atoms. The van der Waals surface area contributed by atoms with Crippen molar-refractivity contribution in [1.82, 2.24) is 0 Å². The molecule has 1 aromatic rings. The fourth-order valence-corrected chi connectivity index (χ4v) is 3.65. The number of carbonyl (C=O) groups is 1. The highest BCUT2D eigenvalue weighted by atomic mass is 28.4. The first-order valence-electron chi connectivity index (χ1n) is 8.17. The van der Waals surface area contributed by atoms with Crippen molar-refractivity contribution in [3.63, 3.8) is 0 Å². The van der Waals surface area contributed by atoms with E-state index in [9.17, 15) is 4.79 Å². The van der Waals surface area contributed by atoms with E-state index >= 15 is 0 Å². The van der Waals surface area contributed by atoms with E-state index in [-0.39, 0.29) is 29.3 Å². The van der Waals surface area contributed by atoms with E-state index in [2.05, 4.69) is 33.9 Å². The Kier molecular flexibility index (Phi) is 5.33. The van der Waals surface area contributed by atoms with Gasteiger partial charge in [0.1, 0.15) is 6.10 Å². The molecule has 128 valence electrons. The molecule has 1 aromatic carbocycles. The van der Waals surface area contributed by atoms with Crippen molar-refractivity contribution in [2.45, 2.75) is 64.1 Å². The van der Waals surface area contributed by atoms with Gasteiger partial charge in [-0.05, 0) is 37.2 Å². The van der Waals surface area contributed by atoms with Crippen molar-refractivity contribution < 1.29 is 18.7 Å². The predicted octanol–water partition coefficient (Wildman–Crippen LogP) is 4.02. The molecule has 0 aliphatic carbocycles. The molecule has 1 aliphatic rings. The average molecular weight is 337 g/mol. The molecule has 0 bridgehead atoms. The summed E-state index contributed by atoms with van der Waals surface area (Å²) >= 11 is 0. The molecule has 5 heteroatoms. The Morgan fingerprint density at radius 1 is 1.22 bits per heavy atom. The highest BCUT2D eigenvalue weighted by Crippen LogP contribution is 2.39. The van der Waals surface area contributed by atoms with Crippen molar-refractivity contribution in [3.8, 4) is 0 Å². The third kappa shape index (κ3) is 4.22. The van der Waals surface area contributed by atoms with Gasteiger partial charge in [0, 0.05) is 0 Å². The lowest BCUT2D eigenvalue weighted by molar-refractivity contribution is -0.0114. The Morgan fingerprint density at radius 2 is 1.83 bits per heavy atom. The number of esters is 1. The van der Waals surface area contributed by atoms with Crippen LogP contribution >= 0.6 is 0 Å². The second-order valence-corrected chi connectivity index (χ2v) is 12.4. The maximum absolute atomic E-state index is 12.3. The van der Waals surface area contributed by atoms with Crippen LogP contribution in [0.1, 0.15) is 38.1 Å². The number of hydrogen-bond donors (Lipinski definition) is 0. The van der Waals surface area contributed by atoms with Gasteiger partial charge in [-0.1, -0.05) is 39.0 Å². The lowest BCUT2D eigenvalue weighted by Crippen LogP contribution is -2.48. The van der Waals surface area contributed by atoms with Gasteiger partial charge in [-0.3, -0.25) is 0 Å². The summed E-state index contributed by atoms with van der Waals surface area (Å²) in [5.41, 5.74) is 0.553. The lowest BCUT2D eigenvalue weighted by Gasteiger charge is -2.39. The quantitative estimate of drug-likeness (QED) is 0.615. The van der Waals surface area contributed by atoms with Gasteiger partial charge in [-0.15, -0.1) is 0 Å². The van der Waals surface area contributed by atoms with Gasteiger partial charge in [-0.2, -0.15) is 0 Å². The van der Waals surface area contributed by atoms with Gasteiger partial charge >= 0.3 is 5.97 Å². The van der Waals surface area contributed by atoms with Crippen LogP contribution in [-0.4, -0.2) is 39.2 Å². The Labute approximate surface area is 140 Å². The van der Waals surface area contributed by atoms with Crippen LogP contribution in [0.2, 0.25) is 18.1 Å². The van der Waals surface area contributed by atoms with Crippen molar-refractivity contribution in [2.75, 3.05) is 6.61 Å². The molecular formula is C18H28O4Si. The molecule has 2 rings (SSSR count). The highest BCUT2D eigenvalue weighted by molar-refractivity contribution is 6.74. The van der Waals surface area contributed by atoms with E-state index in [1.807, 2.05) is 25.1 Å². The summed E-state index contributed by atoms with van der Waals surface area (Å²) in [6.07, 6.45) is -0.715. The molecule has 0 amide bonds. The summed E-state index contributed by atoms with van der Waals surface area (Å²) in [7, 11) is -1.94. The normalized spacial score (nSPS) is 25.4. The second kappa shape index (κ2) is 6.75. The minimum Gasteiger partial charge on any atom is -0.453 e. The standard InChI is InChI=1S/C18H28O4Si/c1-13-16(21-17(19)14-10-8-7-9-11-14)15(12-20-13)22-23(5,6)18(2,3)4/h7-11,13,15-16H,12H2,1-6H3/t13?,15?,16-/m0/s1. The maximum atomic E-state index is 12.3. The Hall–Kier alpha value is -1.17. The van der Waals surface area contributed by atoms with E-state index in [0.717, 1.165) is 0 Å². The largest absolute Gasteiger partial charge is 0.453 e. The molecule has 0 N–H and O–H groups in total. The van der Waals surface area contributed by atoms with Crippen LogP contribution in [0.5, 0.6) is 0 Å². The van der Waals surface area contributed by atoms with E-state index in [1.54, 1.807) is 12.1 Å². The van der Waals surface area contributed by atoms with Crippen molar-refractivity contribution >= 4 is 14.3 Å². The molecule has 0 aromatic heterocycles. The molecule has 3 atom stereocenters. The molecule has 1 aliphatic heterocycles. The SMILES string of the molecule is CC1OCC(O[Si](C)(C)C(C)(C)C)[C@H]1OC(=O)c1ccccc1. The molecule has 0 saturated carbocycles. The first kappa shape index (κ1) is 18.2. The molecule has 2 unspecified atom stereocenters. The van der Waals surface area contributed by atoms with Crippen LogP contribution in [0, 0.1) is 0 Å². The van der Waals surface area contributed by atoms with Gasteiger partial charge in [0.2, 0.25) is 0 Å². The fourth-order valence-electron chi connectivity index (χ4n) is 2.33. The number of hydrogen-bond acceptors (Lipinski definition) is 4. The molecule has 0 radical (unpaired) electrons. The average Bonchev–Trinajstić information content (AvgIpc) is 2.79. The molecule has 1 heterocycles. The third-order valence-corrected chi connectivity index (χ3v) is 9.36. The number of benzene rings is 1. The molecule has 1 saturated heterocycles. The van der Waals surface area contributed by atoms with Gasteiger partial charge in [-0.25, -0.2) is 4.79 Å². The minimum atomic E-state index is -1.94. The van der Waals surface area contributed by atoms with Crippen LogP contribution in [0.4, 0.5) is 0 Å². The summed E-state index contributed by atoms with van der Waals surface area (Å²) in [6.45, 7) is 13.4. The summed E-state index contributed by atoms with van der Waals surface area (Å²) in [6, 6.07) is 9.05. The first-order chi connectivity index (χ1) is 10.6. The third-order valence-electron chi connectivity index (χ3n) is 4.86. The van der Waals surface area contributed by atoms with E-state index in [0.29, 0.717) is 12.2 Å². The van der Waals surface area contributed by atoms with Crippen LogP contribution in [0.3, 0.4) is 0 Å². The molecule has 1 fully saturated rings. The lowest BCUT2D eigenvalue weighted by atomic mass is 10.1. The summed E-state index contributed by atoms with van der Waals surface area (Å²) in [5.74, 6) is -0.322. The van der Waals surface area contributed by atoms with Crippen LogP contribution in [0.15, 0.2) is 30.3 Å². The van der Waals surface area contributed by atoms with Crippen molar-refractivity contribution in [2.24, 2.45) is 0 Å². The number of carbonyl (C=O) groups excluding carboxylic acids is 1. The topological polar surface area (TPSA) is 44.8 Å². The maximum Gasteiger partial charge on any atom is 0.338 e. The van der Waals surface area contributed by atoms with Gasteiger partial charge in [0.15, 0.2) is 14.4 Å². The van der Waals surface area contributed by atoms with E-state index in [4.69, 9.17) is 13.9 Å². The van der Waals surface area contributed by atoms with Crippen LogP contribution < -0.4 is 0 Å². The van der Waals surface area contributed by atoms with Crippen molar-refractivity contribution in [1.29, 1.82) is 0 Å². The Balaban J connectivity index is 2.08. The minimum absolute atomic E-state index is 0.104. The second-order valence-electron chi connectivity index (χ2n) is 7.69. The zero-order valence-electron chi connectivity index (χ0n) is 15.0. The Morgan fingerprint density at radius 3 is 2.39 bits per heavy atom. The van der Waals surface area contributed by atoms with Crippen LogP contribution in [0.25, 0.3) is 0 Å². The summed E-state index contributed by atoms with van der Waals surface area (Å²) < 4.78 is 17.8. The smallest absolute Gasteiger partial charge is 0.338 e. The van der Waals surface area contributed by atoms with E-state index < -0.39 is 8.32 Å². The first-order valence-corrected chi connectivity index (χ1v) is 11.1. The number of rotatable bonds is 4. The van der Waals surface area contributed by atoms with Crippen LogP contribution in [-0.2, 0) is 13.9 Å². The molecular weight excluding hydrogens is 308 g/mol. The van der Waals surface area contributed by atoms with Gasteiger partial charge in [0.25, 0.3) is 0 Å². The monoisotopic (exact) mass is 336 g/mol. The fraction of sp³-hybridized carbons (Fsp3) is 0.611. The zero-order valence-corrected chi connectivity index (χ0v) is 16.0.